The number of halogens is 4. The highest BCUT2D eigenvalue weighted by Gasteiger charge is 2.28. The number of alkyl halides is 2. The van der Waals surface area contributed by atoms with Crippen molar-refractivity contribution in [3.05, 3.63) is 3.74 Å². The van der Waals surface area contributed by atoms with Crippen LogP contribution in [0.4, 0.5) is 0 Å². The Hall–Kier alpha value is 1.92. The maximum atomic E-state index is 3.43. The minimum atomic E-state index is -0.0833. The highest BCUT2D eigenvalue weighted by Crippen LogP contribution is 2.46. The molecule has 0 aliphatic carbocycles. The van der Waals surface area contributed by atoms with Crippen LogP contribution in [0.3, 0.4) is 0 Å². The summed E-state index contributed by atoms with van der Waals surface area (Å²) in [4.78, 5) is 0. The van der Waals surface area contributed by atoms with Crippen LogP contribution in [0.25, 0.3) is 0 Å². The first-order chi connectivity index (χ1) is 3.50. The Morgan fingerprint density at radius 3 is 1.75 bits per heavy atom. The van der Waals surface area contributed by atoms with Crippen molar-refractivity contribution in [3.63, 3.8) is 0 Å². The first kappa shape index (κ1) is 9.92. The Morgan fingerprint density at radius 2 is 1.75 bits per heavy atom. The average molecular weight is 373 g/mol. The van der Waals surface area contributed by atoms with E-state index in [4.69, 9.17) is 0 Å². The fraction of sp³-hybridized carbons (Fsp3) is 0.750. The molecule has 0 aliphatic rings. The molecule has 0 rings (SSSR count). The van der Waals surface area contributed by atoms with Crippen LogP contribution < -0.4 is 0 Å². The van der Waals surface area contributed by atoms with Crippen LogP contribution in [-0.4, -0.2) is 3.23 Å². The zero-order valence-corrected chi connectivity index (χ0v) is 10.6. The van der Waals surface area contributed by atoms with E-state index >= 15 is 0 Å². The van der Waals surface area contributed by atoms with E-state index in [-0.39, 0.29) is 3.23 Å². The van der Waals surface area contributed by atoms with Crippen molar-refractivity contribution in [3.8, 4) is 0 Å². The van der Waals surface area contributed by atoms with Gasteiger partial charge in [0.15, 0.2) is 0 Å². The second kappa shape index (κ2) is 3.94. The molecule has 0 aromatic heterocycles. The molecular weight excluding hydrogens is 368 g/mol. The topological polar surface area (TPSA) is 0 Å². The molecule has 0 atom stereocenters. The van der Waals surface area contributed by atoms with E-state index in [1.54, 1.807) is 0 Å². The van der Waals surface area contributed by atoms with Gasteiger partial charge in [-0.3, -0.25) is 0 Å². The molecule has 8 heavy (non-hydrogen) atoms. The minimum Gasteiger partial charge on any atom is -0.0701 e. The maximum absolute atomic E-state index is 3.43. The largest absolute Gasteiger partial charge is 0.133 e. The maximum Gasteiger partial charge on any atom is 0.133 e. The lowest BCUT2D eigenvalue weighted by Gasteiger charge is -2.17. The molecule has 0 saturated carbocycles. The predicted molar refractivity (Wildman–Crippen MR) is 52.0 cm³/mol. The first-order valence-electron chi connectivity index (χ1n) is 2.07. The summed E-state index contributed by atoms with van der Waals surface area (Å²) in [6.07, 6.45) is 0.985. The van der Waals surface area contributed by atoms with Gasteiger partial charge in [0.2, 0.25) is 0 Å². The zero-order chi connectivity index (χ0) is 6.78. The van der Waals surface area contributed by atoms with Gasteiger partial charge in [-0.15, -0.1) is 0 Å². The quantitative estimate of drug-likeness (QED) is 0.639. The number of hydrogen-bond acceptors (Lipinski definition) is 0. The van der Waals surface area contributed by atoms with Crippen LogP contribution in [0, 0.1) is 3.74 Å². The monoisotopic (exact) mass is 369 g/mol. The molecule has 0 heterocycles. The molecule has 0 aliphatic heterocycles. The molecule has 4 heteroatoms. The second-order valence-corrected chi connectivity index (χ2v) is 7.74. The Bertz CT molecular complexity index is 68.4. The van der Waals surface area contributed by atoms with Crippen molar-refractivity contribution in [1.29, 1.82) is 0 Å². The van der Waals surface area contributed by atoms with E-state index in [0.29, 0.717) is 0 Å². The highest BCUT2D eigenvalue weighted by atomic mass is 79.9. The van der Waals surface area contributed by atoms with Gasteiger partial charge in [-0.25, -0.2) is 0 Å². The standard InChI is InChI=1S/C4H5Br4/c1-2-4(7,8)3(5)6/h2H2,1H3. The Labute approximate surface area is 83.3 Å². The summed E-state index contributed by atoms with van der Waals surface area (Å²) in [5.74, 6) is 0. The van der Waals surface area contributed by atoms with Gasteiger partial charge < -0.3 is 0 Å². The van der Waals surface area contributed by atoms with Crippen LogP contribution in [0.1, 0.15) is 13.3 Å². The smallest absolute Gasteiger partial charge is 0.0701 e. The summed E-state index contributed by atoms with van der Waals surface area (Å²) in [6.45, 7) is 2.08. The lowest BCUT2D eigenvalue weighted by atomic mass is 10.4. The Balaban J connectivity index is 3.71. The molecule has 0 aromatic rings. The fourth-order valence-corrected chi connectivity index (χ4v) is 0.694. The molecule has 0 unspecified atom stereocenters. The van der Waals surface area contributed by atoms with E-state index < -0.39 is 0 Å². The van der Waals surface area contributed by atoms with E-state index in [2.05, 4.69) is 70.6 Å². The summed E-state index contributed by atoms with van der Waals surface area (Å²) in [5, 5.41) is 0. The number of hydrogen-bond donors (Lipinski definition) is 0. The lowest BCUT2D eigenvalue weighted by Crippen LogP contribution is -2.10. The van der Waals surface area contributed by atoms with Crippen molar-refractivity contribution in [1.82, 2.24) is 0 Å². The molecule has 0 bridgehead atoms. The second-order valence-electron chi connectivity index (χ2n) is 1.32. The summed E-state index contributed by atoms with van der Waals surface area (Å²) >= 11 is 13.5. The fourth-order valence-electron chi connectivity index (χ4n) is 0.134. The summed E-state index contributed by atoms with van der Waals surface area (Å²) in [7, 11) is 0. The van der Waals surface area contributed by atoms with Crippen molar-refractivity contribution < 1.29 is 0 Å². The average Bonchev–Trinajstić information content (AvgIpc) is 1.67. The van der Waals surface area contributed by atoms with E-state index in [9.17, 15) is 0 Å². The van der Waals surface area contributed by atoms with Crippen molar-refractivity contribution >= 4 is 63.7 Å². The minimum absolute atomic E-state index is 0.0833. The SMILES string of the molecule is CCC(Br)(Br)[C](Br)Br. The van der Waals surface area contributed by atoms with Gasteiger partial charge in [0, 0.05) is 0 Å². The van der Waals surface area contributed by atoms with Crippen LogP contribution >= 0.6 is 63.7 Å². The highest BCUT2D eigenvalue weighted by molar-refractivity contribution is 9.31. The molecule has 0 N–H and O–H groups in total. The van der Waals surface area contributed by atoms with E-state index in [0.717, 1.165) is 10.2 Å². The van der Waals surface area contributed by atoms with Crippen molar-refractivity contribution in [2.75, 3.05) is 0 Å². The van der Waals surface area contributed by atoms with Gasteiger partial charge in [0.05, 0.1) is 0 Å². The van der Waals surface area contributed by atoms with Gasteiger partial charge in [0.25, 0.3) is 0 Å². The van der Waals surface area contributed by atoms with Gasteiger partial charge in [-0.05, 0) is 6.42 Å². The zero-order valence-electron chi connectivity index (χ0n) is 4.22. The molecular formula is C4H5Br4. The number of rotatable bonds is 2. The van der Waals surface area contributed by atoms with Gasteiger partial charge >= 0.3 is 0 Å². The Kier molecular flexibility index (Phi) is 4.88. The molecule has 49 valence electrons. The molecule has 0 spiro atoms. The third-order valence-corrected chi connectivity index (χ3v) is 6.12. The van der Waals surface area contributed by atoms with Gasteiger partial charge in [0.1, 0.15) is 6.97 Å². The van der Waals surface area contributed by atoms with Crippen LogP contribution in [0.5, 0.6) is 0 Å². The van der Waals surface area contributed by atoms with Crippen LogP contribution in [0.2, 0.25) is 0 Å². The third kappa shape index (κ3) is 3.18. The molecule has 0 fully saturated rings. The molecule has 1 radical (unpaired) electrons. The lowest BCUT2D eigenvalue weighted by molar-refractivity contribution is 0.931. The third-order valence-electron chi connectivity index (χ3n) is 0.721. The van der Waals surface area contributed by atoms with E-state index in [1.807, 2.05) is 0 Å². The summed E-state index contributed by atoms with van der Waals surface area (Å²) in [5.41, 5.74) is 0. The molecule has 0 amide bonds. The summed E-state index contributed by atoms with van der Waals surface area (Å²) < 4.78 is 0.903. The van der Waals surface area contributed by atoms with Crippen molar-refractivity contribution in [2.24, 2.45) is 0 Å². The van der Waals surface area contributed by atoms with Crippen LogP contribution in [-0.2, 0) is 0 Å². The van der Waals surface area contributed by atoms with Crippen molar-refractivity contribution in [2.45, 2.75) is 16.6 Å². The van der Waals surface area contributed by atoms with Gasteiger partial charge in [-0.1, -0.05) is 70.6 Å². The van der Waals surface area contributed by atoms with Crippen LogP contribution in [0.15, 0.2) is 0 Å². The predicted octanol–water partition coefficient (Wildman–Crippen LogP) is 4.16. The molecule has 0 aromatic carbocycles. The first-order valence-corrected chi connectivity index (χ1v) is 5.24. The normalized spacial score (nSPS) is 12.8. The molecule has 0 saturated heterocycles. The van der Waals surface area contributed by atoms with E-state index in [1.165, 1.54) is 0 Å². The Morgan fingerprint density at radius 1 is 1.38 bits per heavy atom. The summed E-state index contributed by atoms with van der Waals surface area (Å²) in [6, 6.07) is 0. The van der Waals surface area contributed by atoms with Gasteiger partial charge in [-0.2, -0.15) is 0 Å². The molecule has 0 nitrogen and oxygen atoms in total.